The van der Waals surface area contributed by atoms with Crippen LogP contribution in [-0.4, -0.2) is 45.2 Å². The van der Waals surface area contributed by atoms with E-state index < -0.39 is 0 Å². The third-order valence-electron chi connectivity index (χ3n) is 5.19. The summed E-state index contributed by atoms with van der Waals surface area (Å²) in [6.07, 6.45) is 6.51. The molecule has 3 rings (SSSR count). The van der Waals surface area contributed by atoms with Crippen LogP contribution in [0.1, 0.15) is 37.7 Å². The molecule has 0 fully saturated rings. The first-order chi connectivity index (χ1) is 13.1. The van der Waals surface area contributed by atoms with E-state index >= 15 is 0 Å². The van der Waals surface area contributed by atoms with Crippen molar-refractivity contribution in [1.29, 1.82) is 0 Å². The highest BCUT2D eigenvalue weighted by atomic mass is 35.5. The van der Waals surface area contributed by atoms with E-state index in [0.717, 1.165) is 53.8 Å². The van der Waals surface area contributed by atoms with Gasteiger partial charge in [-0.2, -0.15) is 0 Å². The molecule has 0 bridgehead atoms. The van der Waals surface area contributed by atoms with Crippen molar-refractivity contribution in [2.45, 2.75) is 32.1 Å². The molecule has 0 unspecified atom stereocenters. The van der Waals surface area contributed by atoms with Crippen LogP contribution in [0.15, 0.2) is 28.8 Å². The van der Waals surface area contributed by atoms with Crippen molar-refractivity contribution in [2.75, 3.05) is 34.4 Å². The van der Waals surface area contributed by atoms with Crippen molar-refractivity contribution in [3.63, 3.8) is 0 Å². The van der Waals surface area contributed by atoms with E-state index in [2.05, 4.69) is 6.08 Å². The summed E-state index contributed by atoms with van der Waals surface area (Å²) in [5, 5.41) is 0.736. The molecule has 0 saturated carbocycles. The van der Waals surface area contributed by atoms with Gasteiger partial charge < -0.3 is 19.1 Å². The van der Waals surface area contributed by atoms with E-state index in [1.807, 2.05) is 17.0 Å². The van der Waals surface area contributed by atoms with Crippen molar-refractivity contribution < 1.29 is 19.0 Å². The molecule has 6 heteroatoms. The van der Waals surface area contributed by atoms with Crippen LogP contribution in [-0.2, 0) is 4.79 Å². The molecule has 0 atom stereocenters. The fourth-order valence-corrected chi connectivity index (χ4v) is 3.99. The van der Waals surface area contributed by atoms with Gasteiger partial charge in [-0.1, -0.05) is 17.7 Å². The van der Waals surface area contributed by atoms with Crippen molar-refractivity contribution in [3.8, 4) is 17.2 Å². The molecule has 5 nitrogen and oxygen atoms in total. The van der Waals surface area contributed by atoms with Gasteiger partial charge in [0.2, 0.25) is 0 Å². The lowest BCUT2D eigenvalue weighted by atomic mass is 9.95. The van der Waals surface area contributed by atoms with E-state index in [-0.39, 0.29) is 5.91 Å². The standard InChI is InChI=1S/C21H26ClNO4/c1-25-15-12-18(26-2)20(19(13-15)27-3)14-8-10-23(11-9-14)21(24)16-6-4-5-7-17(16)22/h8,12-13H,4-7,9-11H2,1-3H3. The second kappa shape index (κ2) is 8.70. The molecule has 27 heavy (non-hydrogen) atoms. The number of halogens is 1. The van der Waals surface area contributed by atoms with Crippen LogP contribution in [0.3, 0.4) is 0 Å². The number of nitrogens with zero attached hydrogens (tertiary/aromatic N) is 1. The van der Waals surface area contributed by atoms with Crippen LogP contribution in [0.2, 0.25) is 0 Å². The van der Waals surface area contributed by atoms with Crippen molar-refractivity contribution in [2.24, 2.45) is 0 Å². The van der Waals surface area contributed by atoms with Gasteiger partial charge in [0.15, 0.2) is 0 Å². The number of allylic oxidation sites excluding steroid dienone is 1. The first-order valence-electron chi connectivity index (χ1n) is 9.25. The number of amides is 1. The summed E-state index contributed by atoms with van der Waals surface area (Å²) >= 11 is 6.30. The molecule has 0 N–H and O–H groups in total. The van der Waals surface area contributed by atoms with Crippen molar-refractivity contribution in [1.82, 2.24) is 4.90 Å². The third kappa shape index (κ3) is 4.08. The Bertz CT molecular complexity index is 759. The molecule has 1 aromatic rings. The molecule has 1 aliphatic carbocycles. The maximum absolute atomic E-state index is 12.8. The largest absolute Gasteiger partial charge is 0.496 e. The van der Waals surface area contributed by atoms with Gasteiger partial charge in [-0.25, -0.2) is 0 Å². The molecule has 0 spiro atoms. The Balaban J connectivity index is 1.84. The zero-order valence-corrected chi connectivity index (χ0v) is 16.9. The summed E-state index contributed by atoms with van der Waals surface area (Å²) in [5.41, 5.74) is 2.82. The highest BCUT2D eigenvalue weighted by Crippen LogP contribution is 2.41. The Morgan fingerprint density at radius 2 is 1.67 bits per heavy atom. The minimum atomic E-state index is 0.0728. The lowest BCUT2D eigenvalue weighted by Crippen LogP contribution is -2.36. The summed E-state index contributed by atoms with van der Waals surface area (Å²) in [6, 6.07) is 3.70. The second-order valence-corrected chi connectivity index (χ2v) is 7.18. The van der Waals surface area contributed by atoms with Gasteiger partial charge in [-0.05, 0) is 37.7 Å². The smallest absolute Gasteiger partial charge is 0.251 e. The molecule has 0 saturated heterocycles. The van der Waals surface area contributed by atoms with E-state index in [1.54, 1.807) is 21.3 Å². The van der Waals surface area contributed by atoms with Crippen molar-refractivity contribution >= 4 is 23.1 Å². The second-order valence-electron chi connectivity index (χ2n) is 6.73. The first kappa shape index (κ1) is 19.6. The Kier molecular flexibility index (Phi) is 6.32. The average molecular weight is 392 g/mol. The zero-order valence-electron chi connectivity index (χ0n) is 16.1. The molecule has 1 aliphatic heterocycles. The first-order valence-corrected chi connectivity index (χ1v) is 9.63. The fraction of sp³-hybridized carbons (Fsp3) is 0.476. The van der Waals surface area contributed by atoms with Gasteiger partial charge in [-0.15, -0.1) is 0 Å². The van der Waals surface area contributed by atoms with Crippen LogP contribution < -0.4 is 14.2 Å². The molecule has 1 aromatic carbocycles. The summed E-state index contributed by atoms with van der Waals surface area (Å²) in [4.78, 5) is 14.7. The number of hydrogen-bond donors (Lipinski definition) is 0. The minimum absolute atomic E-state index is 0.0728. The number of carbonyl (C=O) groups is 1. The quantitative estimate of drug-likeness (QED) is 0.746. The number of hydrogen-bond acceptors (Lipinski definition) is 4. The van der Waals surface area contributed by atoms with E-state index in [1.165, 1.54) is 0 Å². The van der Waals surface area contributed by atoms with Crippen molar-refractivity contribution in [3.05, 3.63) is 34.4 Å². The molecule has 2 aliphatic rings. The zero-order chi connectivity index (χ0) is 19.4. The molecule has 1 heterocycles. The number of carbonyl (C=O) groups excluding carboxylic acids is 1. The predicted molar refractivity (Wildman–Crippen MR) is 107 cm³/mol. The average Bonchev–Trinajstić information content (AvgIpc) is 2.72. The molecular weight excluding hydrogens is 366 g/mol. The monoisotopic (exact) mass is 391 g/mol. The van der Waals surface area contributed by atoms with Gasteiger partial charge in [0.05, 0.1) is 26.9 Å². The Labute approximate surface area is 165 Å². The van der Waals surface area contributed by atoms with Crippen LogP contribution >= 0.6 is 11.6 Å². The van der Waals surface area contributed by atoms with E-state index in [9.17, 15) is 4.79 Å². The van der Waals surface area contributed by atoms with Crippen LogP contribution in [0.25, 0.3) is 5.57 Å². The molecule has 1 amide bonds. The van der Waals surface area contributed by atoms with E-state index in [4.69, 9.17) is 25.8 Å². The fourth-order valence-electron chi connectivity index (χ4n) is 3.69. The Morgan fingerprint density at radius 1 is 1.00 bits per heavy atom. The lowest BCUT2D eigenvalue weighted by Gasteiger charge is -2.30. The minimum Gasteiger partial charge on any atom is -0.496 e. The van der Waals surface area contributed by atoms with Gasteiger partial charge in [0.1, 0.15) is 17.2 Å². The molecular formula is C21H26ClNO4. The topological polar surface area (TPSA) is 48.0 Å². The van der Waals surface area contributed by atoms with Gasteiger partial charge in [0.25, 0.3) is 5.91 Å². The third-order valence-corrected chi connectivity index (χ3v) is 5.61. The van der Waals surface area contributed by atoms with Gasteiger partial charge >= 0.3 is 0 Å². The van der Waals surface area contributed by atoms with Gasteiger partial charge in [0, 0.05) is 35.8 Å². The maximum atomic E-state index is 12.8. The SMILES string of the molecule is COc1cc(OC)c(C2=CCN(C(=O)C3=C(Cl)CCCC3)CC2)c(OC)c1. The molecule has 0 radical (unpaired) electrons. The highest BCUT2D eigenvalue weighted by Gasteiger charge is 2.26. The number of ether oxygens (including phenoxy) is 3. The molecule has 0 aromatic heterocycles. The summed E-state index contributed by atoms with van der Waals surface area (Å²) in [5.74, 6) is 2.16. The van der Waals surface area contributed by atoms with E-state index in [0.29, 0.717) is 30.3 Å². The lowest BCUT2D eigenvalue weighted by molar-refractivity contribution is -0.127. The van der Waals surface area contributed by atoms with Crippen LogP contribution in [0, 0.1) is 0 Å². The summed E-state index contributed by atoms with van der Waals surface area (Å²) in [6.45, 7) is 1.21. The highest BCUT2D eigenvalue weighted by molar-refractivity contribution is 6.32. The summed E-state index contributed by atoms with van der Waals surface area (Å²) in [7, 11) is 4.88. The number of benzene rings is 1. The maximum Gasteiger partial charge on any atom is 0.251 e. The Morgan fingerprint density at radius 3 is 2.19 bits per heavy atom. The summed E-state index contributed by atoms with van der Waals surface area (Å²) < 4.78 is 16.4. The number of methoxy groups -OCH3 is 3. The normalized spacial score (nSPS) is 17.5. The number of rotatable bonds is 5. The van der Waals surface area contributed by atoms with Crippen LogP contribution in [0.5, 0.6) is 17.2 Å². The molecule has 146 valence electrons. The Hall–Kier alpha value is -2.14. The van der Waals surface area contributed by atoms with Crippen LogP contribution in [0.4, 0.5) is 0 Å². The van der Waals surface area contributed by atoms with Gasteiger partial charge in [-0.3, -0.25) is 4.79 Å². The predicted octanol–water partition coefficient (Wildman–Crippen LogP) is 4.40.